The van der Waals surface area contributed by atoms with Crippen LogP contribution in [0.5, 0.6) is 5.75 Å². The number of carbonyl (C=O) groups excluding carboxylic acids is 3. The second kappa shape index (κ2) is 8.96. The van der Waals surface area contributed by atoms with Crippen molar-refractivity contribution in [2.45, 2.75) is 24.8 Å². The third-order valence-corrected chi connectivity index (χ3v) is 5.53. The van der Waals surface area contributed by atoms with Gasteiger partial charge in [0.1, 0.15) is 17.9 Å². The van der Waals surface area contributed by atoms with Crippen molar-refractivity contribution in [1.82, 2.24) is 14.9 Å². The van der Waals surface area contributed by atoms with Gasteiger partial charge in [-0.2, -0.15) is 16.8 Å². The second-order valence-corrected chi connectivity index (χ2v) is 8.87. The molecular formula is C15H19N3O12S2. The van der Waals surface area contributed by atoms with E-state index in [-0.39, 0.29) is 15.6 Å². The number of aliphatic hydroxyl groups excluding tert-OH is 1. The number of ether oxygens (including phenoxy) is 1. The van der Waals surface area contributed by atoms with Crippen LogP contribution in [-0.2, 0) is 39.8 Å². The molecule has 1 aromatic rings. The molecule has 0 aromatic heterocycles. The van der Waals surface area contributed by atoms with Crippen molar-refractivity contribution in [2.24, 2.45) is 0 Å². The lowest BCUT2D eigenvalue weighted by Crippen LogP contribution is -2.77. The SMILES string of the molecule is CO[C@]1(NC(=O)[C@H](NC(C)=O)C(O)c2ccc(OS(=O)(=O)O)cc2)CN(S(=O)(=O)O)C1=O. The predicted octanol–water partition coefficient (Wildman–Crippen LogP) is -2.49. The number of aliphatic hydroxyl groups is 1. The van der Waals surface area contributed by atoms with Crippen LogP contribution in [0.15, 0.2) is 24.3 Å². The molecule has 2 rings (SSSR count). The molecule has 0 saturated carbocycles. The molecule has 0 bridgehead atoms. The van der Waals surface area contributed by atoms with Gasteiger partial charge in [0.15, 0.2) is 0 Å². The number of benzene rings is 1. The van der Waals surface area contributed by atoms with Gasteiger partial charge in [-0.05, 0) is 17.7 Å². The first-order valence-electron chi connectivity index (χ1n) is 8.48. The molecule has 3 atom stereocenters. The number of rotatable bonds is 9. The van der Waals surface area contributed by atoms with Crippen LogP contribution in [0.25, 0.3) is 0 Å². The molecule has 3 amide bonds. The van der Waals surface area contributed by atoms with Gasteiger partial charge >= 0.3 is 20.7 Å². The van der Waals surface area contributed by atoms with Crippen molar-refractivity contribution in [2.75, 3.05) is 13.7 Å². The average Bonchev–Trinajstić information content (AvgIpc) is 2.66. The molecule has 15 nitrogen and oxygen atoms in total. The summed E-state index contributed by atoms with van der Waals surface area (Å²) >= 11 is 0. The Bertz CT molecular complexity index is 1120. The maximum atomic E-state index is 12.7. The van der Waals surface area contributed by atoms with Crippen LogP contribution in [0.3, 0.4) is 0 Å². The number of methoxy groups -OCH3 is 1. The average molecular weight is 497 g/mol. The Morgan fingerprint density at radius 3 is 2.12 bits per heavy atom. The Labute approximate surface area is 182 Å². The zero-order valence-electron chi connectivity index (χ0n) is 16.5. The third kappa shape index (κ3) is 5.69. The van der Waals surface area contributed by atoms with Crippen molar-refractivity contribution in [3.05, 3.63) is 29.8 Å². The zero-order chi connectivity index (χ0) is 24.5. The summed E-state index contributed by atoms with van der Waals surface area (Å²) in [5.41, 5.74) is -2.18. The molecule has 1 heterocycles. The number of β-lactam (4-membered cyclic amide) rings is 1. The van der Waals surface area contributed by atoms with Crippen molar-refractivity contribution >= 4 is 38.4 Å². The summed E-state index contributed by atoms with van der Waals surface area (Å²) in [4.78, 5) is 36.4. The summed E-state index contributed by atoms with van der Waals surface area (Å²) in [6.07, 6.45) is -1.74. The molecular weight excluding hydrogens is 478 g/mol. The molecule has 1 aliphatic heterocycles. The van der Waals surface area contributed by atoms with Crippen molar-refractivity contribution in [3.63, 3.8) is 0 Å². The number of nitrogens with zero attached hydrogens (tertiary/aromatic N) is 1. The Balaban J connectivity index is 2.24. The van der Waals surface area contributed by atoms with Gasteiger partial charge < -0.3 is 24.7 Å². The monoisotopic (exact) mass is 497 g/mol. The van der Waals surface area contributed by atoms with E-state index in [1.165, 1.54) is 0 Å². The first-order valence-corrected chi connectivity index (χ1v) is 11.2. The van der Waals surface area contributed by atoms with E-state index in [1.807, 2.05) is 0 Å². The van der Waals surface area contributed by atoms with Crippen LogP contribution >= 0.6 is 0 Å². The maximum Gasteiger partial charge on any atom is 0.446 e. The fraction of sp³-hybridized carbons (Fsp3) is 0.400. The number of hydrogen-bond donors (Lipinski definition) is 5. The third-order valence-electron chi connectivity index (χ3n) is 4.27. The molecule has 1 saturated heterocycles. The van der Waals surface area contributed by atoms with Crippen LogP contribution in [-0.4, -0.2) is 78.5 Å². The molecule has 1 aromatic carbocycles. The number of carbonyl (C=O) groups is 3. The van der Waals surface area contributed by atoms with Crippen molar-refractivity contribution < 1.29 is 54.4 Å². The topological polar surface area (TPSA) is 226 Å². The standard InChI is InChI=1S/C15H19N3O12S2/c1-8(19)16-11(12(20)9-3-5-10(6-4-9)30-32(26,27)28)13(21)17-15(29-2)7-18(14(15)22)31(23,24)25/h3-6,11-12,20H,7H2,1-2H3,(H,16,19)(H,17,21)(H,23,24,25)(H,26,27,28)/t11-,12?,15-/m1/s1. The van der Waals surface area contributed by atoms with Gasteiger partial charge in [0.05, 0.1) is 6.54 Å². The van der Waals surface area contributed by atoms with Crippen molar-refractivity contribution in [1.29, 1.82) is 0 Å². The predicted molar refractivity (Wildman–Crippen MR) is 102 cm³/mol. The van der Waals surface area contributed by atoms with E-state index in [9.17, 15) is 36.3 Å². The minimum atomic E-state index is -4.89. The van der Waals surface area contributed by atoms with E-state index in [4.69, 9.17) is 13.8 Å². The van der Waals surface area contributed by atoms with Crippen molar-refractivity contribution in [3.8, 4) is 5.75 Å². The van der Waals surface area contributed by atoms with Crippen LogP contribution in [0.1, 0.15) is 18.6 Å². The van der Waals surface area contributed by atoms with Crippen LogP contribution < -0.4 is 14.8 Å². The molecule has 0 aliphatic carbocycles. The fourth-order valence-electron chi connectivity index (χ4n) is 2.75. The second-order valence-electron chi connectivity index (χ2n) is 6.51. The van der Waals surface area contributed by atoms with E-state index in [1.54, 1.807) is 0 Å². The summed E-state index contributed by atoms with van der Waals surface area (Å²) in [5, 5.41) is 14.8. The normalized spacial score (nSPS) is 20.7. The highest BCUT2D eigenvalue weighted by Crippen LogP contribution is 2.27. The minimum absolute atomic E-state index is 0.00690. The summed E-state index contributed by atoms with van der Waals surface area (Å²) in [7, 11) is -8.69. The van der Waals surface area contributed by atoms with E-state index >= 15 is 0 Å². The first kappa shape index (κ1) is 25.4. The van der Waals surface area contributed by atoms with Gasteiger partial charge in [-0.1, -0.05) is 12.1 Å². The Kier molecular flexibility index (Phi) is 7.12. The van der Waals surface area contributed by atoms with Gasteiger partial charge in [0, 0.05) is 14.0 Å². The van der Waals surface area contributed by atoms with Crippen LogP contribution in [0, 0.1) is 0 Å². The molecule has 1 aliphatic rings. The molecule has 32 heavy (non-hydrogen) atoms. The molecule has 1 unspecified atom stereocenters. The molecule has 17 heteroatoms. The highest BCUT2D eigenvalue weighted by molar-refractivity contribution is 7.84. The van der Waals surface area contributed by atoms with Gasteiger partial charge in [-0.25, -0.2) is 4.31 Å². The van der Waals surface area contributed by atoms with E-state index in [0.29, 0.717) is 0 Å². The van der Waals surface area contributed by atoms with Crippen LogP contribution in [0.4, 0.5) is 0 Å². The van der Waals surface area contributed by atoms with Crippen LogP contribution in [0.2, 0.25) is 0 Å². The van der Waals surface area contributed by atoms with E-state index in [2.05, 4.69) is 14.8 Å². The summed E-state index contributed by atoms with van der Waals surface area (Å²) < 4.78 is 70.5. The molecule has 0 radical (unpaired) electrons. The zero-order valence-corrected chi connectivity index (χ0v) is 18.1. The lowest BCUT2D eigenvalue weighted by Gasteiger charge is -2.45. The number of nitrogens with one attached hydrogen (secondary N) is 2. The minimum Gasteiger partial charge on any atom is -0.386 e. The number of amides is 3. The Morgan fingerprint density at radius 2 is 1.72 bits per heavy atom. The summed E-state index contributed by atoms with van der Waals surface area (Å²) in [6.45, 7) is 0.272. The van der Waals surface area contributed by atoms with Gasteiger partial charge in [0.2, 0.25) is 17.5 Å². The molecule has 1 fully saturated rings. The first-order chi connectivity index (χ1) is 14.6. The van der Waals surface area contributed by atoms with Gasteiger partial charge in [-0.15, -0.1) is 0 Å². The molecule has 178 valence electrons. The van der Waals surface area contributed by atoms with Gasteiger partial charge in [0.25, 0.3) is 5.91 Å². The van der Waals surface area contributed by atoms with E-state index < -0.39 is 62.8 Å². The highest BCUT2D eigenvalue weighted by Gasteiger charge is 2.59. The van der Waals surface area contributed by atoms with Gasteiger partial charge in [-0.3, -0.25) is 23.5 Å². The number of hydrogen-bond acceptors (Lipinski definition) is 10. The lowest BCUT2D eigenvalue weighted by molar-refractivity contribution is -0.181. The Morgan fingerprint density at radius 1 is 1.16 bits per heavy atom. The highest BCUT2D eigenvalue weighted by atomic mass is 32.3. The fourth-order valence-corrected chi connectivity index (χ4v) is 3.81. The maximum absolute atomic E-state index is 12.7. The summed E-state index contributed by atoms with van der Waals surface area (Å²) in [6, 6.07) is 2.65. The Hall–Kier alpha value is -2.83. The van der Waals surface area contributed by atoms with E-state index in [0.717, 1.165) is 38.3 Å². The summed E-state index contributed by atoms with van der Waals surface area (Å²) in [5.74, 6) is -3.51. The lowest BCUT2D eigenvalue weighted by atomic mass is 9.99. The molecule has 0 spiro atoms. The molecule has 5 N–H and O–H groups in total. The smallest absolute Gasteiger partial charge is 0.386 e. The quantitative estimate of drug-likeness (QED) is 0.136. The largest absolute Gasteiger partial charge is 0.446 e.